The lowest BCUT2D eigenvalue weighted by Crippen LogP contribution is -2.32. The van der Waals surface area contributed by atoms with Crippen LogP contribution in [0.2, 0.25) is 0 Å². The molecule has 23 heavy (non-hydrogen) atoms. The van der Waals surface area contributed by atoms with Crippen LogP contribution in [-0.2, 0) is 16.1 Å². The molecule has 0 bridgehead atoms. The maximum Gasteiger partial charge on any atom is 0.222 e. The Balaban J connectivity index is 0.00000264. The molecule has 5 heteroatoms. The van der Waals surface area contributed by atoms with Crippen molar-refractivity contribution < 1.29 is 9.53 Å². The molecule has 130 valence electrons. The number of hydrogen-bond donors (Lipinski definition) is 1. The summed E-state index contributed by atoms with van der Waals surface area (Å²) in [5.74, 6) is 0.953. The van der Waals surface area contributed by atoms with Crippen LogP contribution in [0.25, 0.3) is 0 Å². The van der Waals surface area contributed by atoms with Crippen LogP contribution in [-0.4, -0.2) is 44.1 Å². The summed E-state index contributed by atoms with van der Waals surface area (Å²) in [6, 6.07) is 10.1. The van der Waals surface area contributed by atoms with Crippen LogP contribution < -0.4 is 5.32 Å². The predicted molar refractivity (Wildman–Crippen MR) is 95.8 cm³/mol. The Hall–Kier alpha value is -1.10. The number of piperidine rings is 1. The molecule has 1 amide bonds. The molecule has 0 aliphatic carbocycles. The first-order chi connectivity index (χ1) is 10.8. The molecule has 1 aromatic rings. The fourth-order valence-corrected chi connectivity index (χ4v) is 2.78. The fourth-order valence-electron chi connectivity index (χ4n) is 2.78. The van der Waals surface area contributed by atoms with Gasteiger partial charge in [0.15, 0.2) is 0 Å². The van der Waals surface area contributed by atoms with Gasteiger partial charge in [-0.25, -0.2) is 0 Å². The van der Waals surface area contributed by atoms with Gasteiger partial charge in [0.05, 0.1) is 13.2 Å². The molecule has 1 aromatic carbocycles. The second-order valence-electron chi connectivity index (χ2n) is 6.09. The summed E-state index contributed by atoms with van der Waals surface area (Å²) in [5, 5.41) is 3.36. The van der Waals surface area contributed by atoms with Crippen molar-refractivity contribution in [1.29, 1.82) is 0 Å². The van der Waals surface area contributed by atoms with E-state index in [9.17, 15) is 4.79 Å². The van der Waals surface area contributed by atoms with E-state index >= 15 is 0 Å². The summed E-state index contributed by atoms with van der Waals surface area (Å²) < 4.78 is 5.63. The molecular formula is C18H29ClN2O2. The standard InChI is InChI=1S/C18H28N2O2.ClH/c1-20(13-14-22-15-17-5-3-2-4-6-17)18(21)8-7-16-9-11-19-12-10-16;/h2-6,16,19H,7-15H2,1H3;1H. The third-order valence-corrected chi connectivity index (χ3v) is 4.33. The zero-order valence-corrected chi connectivity index (χ0v) is 14.8. The Kier molecular flexibility index (Phi) is 9.92. The van der Waals surface area contributed by atoms with Crippen LogP contribution in [0.5, 0.6) is 0 Å². The number of nitrogens with one attached hydrogen (secondary N) is 1. The van der Waals surface area contributed by atoms with Gasteiger partial charge in [-0.2, -0.15) is 0 Å². The second-order valence-corrected chi connectivity index (χ2v) is 6.09. The molecule has 0 radical (unpaired) electrons. The lowest BCUT2D eigenvalue weighted by molar-refractivity contribution is -0.131. The van der Waals surface area contributed by atoms with Crippen molar-refractivity contribution in [2.24, 2.45) is 5.92 Å². The minimum atomic E-state index is 0. The number of nitrogens with zero attached hydrogens (tertiary/aromatic N) is 1. The van der Waals surface area contributed by atoms with Crippen molar-refractivity contribution >= 4 is 18.3 Å². The molecule has 0 saturated carbocycles. The SMILES string of the molecule is CN(CCOCc1ccccc1)C(=O)CCC1CCNCC1.Cl. The van der Waals surface area contributed by atoms with Crippen LogP contribution >= 0.6 is 12.4 Å². The van der Waals surface area contributed by atoms with E-state index in [1.165, 1.54) is 18.4 Å². The Morgan fingerprint density at radius 2 is 1.96 bits per heavy atom. The summed E-state index contributed by atoms with van der Waals surface area (Å²) in [5.41, 5.74) is 1.17. The number of rotatable bonds is 8. The highest BCUT2D eigenvalue weighted by Gasteiger charge is 2.16. The molecular weight excluding hydrogens is 312 g/mol. The molecule has 0 spiro atoms. The quantitative estimate of drug-likeness (QED) is 0.740. The predicted octanol–water partition coefficient (Wildman–Crippen LogP) is 2.86. The van der Waals surface area contributed by atoms with Crippen molar-refractivity contribution in [3.63, 3.8) is 0 Å². The van der Waals surface area contributed by atoms with E-state index < -0.39 is 0 Å². The Labute approximate surface area is 146 Å². The average Bonchev–Trinajstić information content (AvgIpc) is 2.58. The third-order valence-electron chi connectivity index (χ3n) is 4.33. The van der Waals surface area contributed by atoms with Gasteiger partial charge < -0.3 is 15.0 Å². The van der Waals surface area contributed by atoms with Gasteiger partial charge in [0, 0.05) is 20.0 Å². The van der Waals surface area contributed by atoms with Gasteiger partial charge >= 0.3 is 0 Å². The van der Waals surface area contributed by atoms with Crippen LogP contribution in [0.3, 0.4) is 0 Å². The molecule has 1 aliphatic rings. The zero-order chi connectivity index (χ0) is 15.6. The largest absolute Gasteiger partial charge is 0.375 e. The van der Waals surface area contributed by atoms with E-state index in [0.29, 0.717) is 32.1 Å². The molecule has 1 N–H and O–H groups in total. The number of carbonyl (C=O) groups is 1. The first kappa shape index (κ1) is 19.9. The minimum absolute atomic E-state index is 0. The van der Waals surface area contributed by atoms with Crippen molar-refractivity contribution in [3.8, 4) is 0 Å². The molecule has 0 aromatic heterocycles. The highest BCUT2D eigenvalue weighted by molar-refractivity contribution is 5.85. The molecule has 1 heterocycles. The summed E-state index contributed by atoms with van der Waals surface area (Å²) >= 11 is 0. The molecule has 1 saturated heterocycles. The van der Waals surface area contributed by atoms with Gasteiger partial charge in [-0.3, -0.25) is 4.79 Å². The van der Waals surface area contributed by atoms with E-state index in [1.807, 2.05) is 37.4 Å². The number of halogens is 1. The number of amides is 1. The van der Waals surface area contributed by atoms with E-state index in [-0.39, 0.29) is 18.3 Å². The van der Waals surface area contributed by atoms with E-state index in [2.05, 4.69) is 5.32 Å². The molecule has 1 aliphatic heterocycles. The van der Waals surface area contributed by atoms with E-state index in [0.717, 1.165) is 19.5 Å². The molecule has 2 rings (SSSR count). The topological polar surface area (TPSA) is 41.6 Å². The number of hydrogen-bond acceptors (Lipinski definition) is 3. The molecule has 0 atom stereocenters. The molecule has 0 unspecified atom stereocenters. The summed E-state index contributed by atoms with van der Waals surface area (Å²) in [4.78, 5) is 13.9. The highest BCUT2D eigenvalue weighted by atomic mass is 35.5. The summed E-state index contributed by atoms with van der Waals surface area (Å²) in [7, 11) is 1.87. The maximum absolute atomic E-state index is 12.1. The normalized spacial score (nSPS) is 15.0. The number of ether oxygens (including phenoxy) is 1. The first-order valence-electron chi connectivity index (χ1n) is 8.32. The second kappa shape index (κ2) is 11.4. The van der Waals surface area contributed by atoms with Gasteiger partial charge in [0.1, 0.15) is 0 Å². The first-order valence-corrected chi connectivity index (χ1v) is 8.32. The van der Waals surface area contributed by atoms with E-state index in [1.54, 1.807) is 4.90 Å². The maximum atomic E-state index is 12.1. The van der Waals surface area contributed by atoms with Crippen LogP contribution in [0.4, 0.5) is 0 Å². The Bertz CT molecular complexity index is 436. The summed E-state index contributed by atoms with van der Waals surface area (Å²) in [6.45, 7) is 4.06. The molecule has 1 fully saturated rings. The lowest BCUT2D eigenvalue weighted by atomic mass is 9.93. The smallest absolute Gasteiger partial charge is 0.222 e. The zero-order valence-electron chi connectivity index (χ0n) is 14.0. The number of carbonyl (C=O) groups excluding carboxylic acids is 1. The van der Waals surface area contributed by atoms with E-state index in [4.69, 9.17) is 4.74 Å². The minimum Gasteiger partial charge on any atom is -0.375 e. The van der Waals surface area contributed by atoms with Gasteiger partial charge in [-0.1, -0.05) is 30.3 Å². The third kappa shape index (κ3) is 7.82. The van der Waals surface area contributed by atoms with Crippen molar-refractivity contribution in [2.45, 2.75) is 32.3 Å². The van der Waals surface area contributed by atoms with Gasteiger partial charge in [-0.15, -0.1) is 12.4 Å². The highest BCUT2D eigenvalue weighted by Crippen LogP contribution is 2.18. The van der Waals surface area contributed by atoms with Crippen LogP contribution in [0.1, 0.15) is 31.2 Å². The average molecular weight is 341 g/mol. The number of likely N-dealkylation sites (N-methyl/N-ethyl adjacent to an activating group) is 1. The van der Waals surface area contributed by atoms with Gasteiger partial charge in [-0.05, 0) is 43.8 Å². The van der Waals surface area contributed by atoms with Crippen molar-refractivity contribution in [2.75, 3.05) is 33.3 Å². The lowest BCUT2D eigenvalue weighted by Gasteiger charge is -2.23. The molecule has 4 nitrogen and oxygen atoms in total. The van der Waals surface area contributed by atoms with Gasteiger partial charge in [0.2, 0.25) is 5.91 Å². The fraction of sp³-hybridized carbons (Fsp3) is 0.611. The number of benzene rings is 1. The van der Waals surface area contributed by atoms with Crippen LogP contribution in [0.15, 0.2) is 30.3 Å². The summed E-state index contributed by atoms with van der Waals surface area (Å²) in [6.07, 6.45) is 4.10. The van der Waals surface area contributed by atoms with Crippen LogP contribution in [0, 0.1) is 5.92 Å². The van der Waals surface area contributed by atoms with Crippen molar-refractivity contribution in [3.05, 3.63) is 35.9 Å². The Morgan fingerprint density at radius 1 is 1.26 bits per heavy atom. The monoisotopic (exact) mass is 340 g/mol. The van der Waals surface area contributed by atoms with Gasteiger partial charge in [0.25, 0.3) is 0 Å². The van der Waals surface area contributed by atoms with Crippen molar-refractivity contribution in [1.82, 2.24) is 10.2 Å². The Morgan fingerprint density at radius 3 is 2.65 bits per heavy atom.